The molecule has 0 spiro atoms. The predicted octanol–water partition coefficient (Wildman–Crippen LogP) is 8.31. The number of ether oxygens (including phenoxy) is 3. The van der Waals surface area contributed by atoms with Crippen LogP contribution in [-0.4, -0.2) is 19.2 Å². The molecule has 0 saturated carbocycles. The van der Waals surface area contributed by atoms with Crippen LogP contribution in [0.4, 0.5) is 0 Å². The molecule has 0 fully saturated rings. The fourth-order valence-corrected chi connectivity index (χ4v) is 4.01. The summed E-state index contributed by atoms with van der Waals surface area (Å²) in [5.41, 5.74) is 2.07. The molecule has 2 aromatic rings. The second-order valence-corrected chi connectivity index (χ2v) is 9.78. The zero-order chi connectivity index (χ0) is 27.0. The Morgan fingerprint density at radius 1 is 0.892 bits per heavy atom. The van der Waals surface area contributed by atoms with Crippen molar-refractivity contribution in [2.75, 3.05) is 13.2 Å². The molecule has 0 aliphatic heterocycles. The van der Waals surface area contributed by atoms with Crippen LogP contribution in [0.25, 0.3) is 11.0 Å². The number of allylic oxidation sites excluding steroid dienone is 3. The van der Waals surface area contributed by atoms with Crippen LogP contribution < -0.4 is 19.8 Å². The van der Waals surface area contributed by atoms with Crippen LogP contribution >= 0.6 is 0 Å². The van der Waals surface area contributed by atoms with E-state index in [2.05, 4.69) is 33.8 Å². The lowest BCUT2D eigenvalue weighted by Crippen LogP contribution is -2.13. The Hall–Kier alpha value is -3.02. The second kappa shape index (κ2) is 16.7. The summed E-state index contributed by atoms with van der Waals surface area (Å²) >= 11 is 0. The van der Waals surface area contributed by atoms with E-state index in [1.165, 1.54) is 50.2 Å². The number of hydrogen-bond acceptors (Lipinski definition) is 6. The summed E-state index contributed by atoms with van der Waals surface area (Å²) in [6.07, 6.45) is 15.4. The van der Waals surface area contributed by atoms with Gasteiger partial charge in [0.05, 0.1) is 12.0 Å². The lowest BCUT2D eigenvalue weighted by atomic mass is 10.1. The van der Waals surface area contributed by atoms with Crippen molar-refractivity contribution >= 4 is 16.9 Å². The van der Waals surface area contributed by atoms with Gasteiger partial charge in [0, 0.05) is 6.92 Å². The Kier molecular flexibility index (Phi) is 13.6. The monoisotopic (exact) mass is 512 g/mol. The van der Waals surface area contributed by atoms with E-state index in [0.29, 0.717) is 24.3 Å². The highest BCUT2D eigenvalue weighted by Gasteiger charge is 2.21. The molecule has 0 bridgehead atoms. The number of unbranched alkanes of at least 4 members (excludes halogenated alkanes) is 7. The summed E-state index contributed by atoms with van der Waals surface area (Å²) in [6.45, 7) is 10.5. The number of carbonyl (C=O) groups is 1. The topological polar surface area (TPSA) is 75.0 Å². The number of rotatable bonds is 17. The molecule has 2 rings (SSSR count). The molecule has 0 aliphatic rings. The van der Waals surface area contributed by atoms with Crippen molar-refractivity contribution in [2.45, 2.75) is 98.8 Å². The molecule has 0 amide bonds. The molecule has 204 valence electrons. The molecule has 6 nitrogen and oxygen atoms in total. The average Bonchev–Trinajstić information content (AvgIpc) is 2.84. The summed E-state index contributed by atoms with van der Waals surface area (Å²) < 4.78 is 22.8. The first-order valence-electron chi connectivity index (χ1n) is 13.7. The van der Waals surface area contributed by atoms with Gasteiger partial charge in [0.25, 0.3) is 0 Å². The van der Waals surface area contributed by atoms with Gasteiger partial charge in [0.1, 0.15) is 6.61 Å². The lowest BCUT2D eigenvalue weighted by Gasteiger charge is -2.13. The molecule has 0 unspecified atom stereocenters. The highest BCUT2D eigenvalue weighted by molar-refractivity contribution is 5.91. The number of hydrogen-bond donors (Lipinski definition) is 0. The van der Waals surface area contributed by atoms with Crippen molar-refractivity contribution in [2.24, 2.45) is 0 Å². The highest BCUT2D eigenvalue weighted by Crippen LogP contribution is 2.37. The molecule has 37 heavy (non-hydrogen) atoms. The average molecular weight is 513 g/mol. The maximum Gasteiger partial charge on any atom is 0.383 e. The third-order valence-corrected chi connectivity index (χ3v) is 6.06. The fourth-order valence-electron chi connectivity index (χ4n) is 4.01. The van der Waals surface area contributed by atoms with Crippen LogP contribution in [0.1, 0.15) is 98.8 Å². The molecule has 0 aliphatic carbocycles. The van der Waals surface area contributed by atoms with Crippen molar-refractivity contribution in [3.05, 3.63) is 51.9 Å². The van der Waals surface area contributed by atoms with Crippen LogP contribution in [0.5, 0.6) is 17.2 Å². The van der Waals surface area contributed by atoms with E-state index in [-0.39, 0.29) is 17.1 Å². The summed E-state index contributed by atoms with van der Waals surface area (Å²) in [4.78, 5) is 24.7. The molecule has 1 aromatic heterocycles. The van der Waals surface area contributed by atoms with E-state index in [1.54, 1.807) is 18.2 Å². The first-order valence-corrected chi connectivity index (χ1v) is 13.7. The number of carbonyl (C=O) groups excluding carboxylic acids is 1. The van der Waals surface area contributed by atoms with Gasteiger partial charge in [0.15, 0.2) is 17.1 Å². The van der Waals surface area contributed by atoms with E-state index in [0.717, 1.165) is 32.1 Å². The molecule has 6 heteroatoms. The lowest BCUT2D eigenvalue weighted by molar-refractivity contribution is -0.131. The molecule has 0 radical (unpaired) electrons. The zero-order valence-corrected chi connectivity index (χ0v) is 23.3. The molecule has 0 saturated heterocycles. The molecule has 1 aromatic carbocycles. The van der Waals surface area contributed by atoms with Crippen molar-refractivity contribution in [1.82, 2.24) is 0 Å². The highest BCUT2D eigenvalue weighted by atomic mass is 16.6. The van der Waals surface area contributed by atoms with Gasteiger partial charge in [-0.25, -0.2) is 4.79 Å². The number of esters is 1. The van der Waals surface area contributed by atoms with Gasteiger partial charge in [-0.2, -0.15) is 0 Å². The van der Waals surface area contributed by atoms with Crippen LogP contribution in [0, 0.1) is 0 Å². The van der Waals surface area contributed by atoms with Crippen LogP contribution in [0.15, 0.2) is 50.7 Å². The Morgan fingerprint density at radius 2 is 1.59 bits per heavy atom. The Bertz CT molecular complexity index is 1100. The van der Waals surface area contributed by atoms with Gasteiger partial charge in [-0.15, -0.1) is 0 Å². The quantitative estimate of drug-likeness (QED) is 0.0918. The van der Waals surface area contributed by atoms with E-state index >= 15 is 0 Å². The number of fused-ring (bicyclic) bond motifs is 1. The van der Waals surface area contributed by atoms with Crippen molar-refractivity contribution in [3.63, 3.8) is 0 Å². The Labute approximate surface area is 221 Å². The first-order chi connectivity index (χ1) is 17.8. The van der Waals surface area contributed by atoms with Crippen LogP contribution in [0.3, 0.4) is 0 Å². The Balaban J connectivity index is 2.10. The third kappa shape index (κ3) is 10.9. The fraction of sp³-hybridized carbons (Fsp3) is 0.548. The molecular weight excluding hydrogens is 468 g/mol. The smallest absolute Gasteiger partial charge is 0.383 e. The van der Waals surface area contributed by atoms with E-state index in [1.807, 2.05) is 6.08 Å². The SMILES string of the molecule is CCCCCCCCCCOc1c(OC(C)=O)c2cccc(OCC=C(C)CCC=C(C)C)c2oc1=O. The molecular formula is C31H44O6. The normalized spacial score (nSPS) is 11.4. The van der Waals surface area contributed by atoms with Gasteiger partial charge in [-0.3, -0.25) is 4.79 Å². The third-order valence-electron chi connectivity index (χ3n) is 6.06. The van der Waals surface area contributed by atoms with Gasteiger partial charge in [-0.05, 0) is 58.2 Å². The van der Waals surface area contributed by atoms with Gasteiger partial charge in [-0.1, -0.05) is 75.2 Å². The van der Waals surface area contributed by atoms with Gasteiger partial charge >= 0.3 is 11.6 Å². The van der Waals surface area contributed by atoms with Crippen molar-refractivity contribution in [3.8, 4) is 17.2 Å². The minimum Gasteiger partial charge on any atom is -0.486 e. The minimum absolute atomic E-state index is 0.0715. The van der Waals surface area contributed by atoms with E-state index in [9.17, 15) is 9.59 Å². The first kappa shape index (κ1) is 30.2. The standard InChI is InChI=1S/C31H44O6/c1-6-7-8-9-10-11-12-13-21-35-30-29(36-25(5)32)26-18-15-19-27(28(26)37-31(30)33)34-22-20-24(4)17-14-16-23(2)3/h15-16,18-20H,6-14,17,21-22H2,1-5H3. The van der Waals surface area contributed by atoms with Gasteiger partial charge in [0.2, 0.25) is 5.75 Å². The maximum absolute atomic E-state index is 12.9. The Morgan fingerprint density at radius 3 is 2.27 bits per heavy atom. The summed E-state index contributed by atoms with van der Waals surface area (Å²) in [5.74, 6) is -0.119. The number of para-hydroxylation sites is 1. The second-order valence-electron chi connectivity index (χ2n) is 9.78. The van der Waals surface area contributed by atoms with Crippen molar-refractivity contribution < 1.29 is 23.4 Å². The summed E-state index contributed by atoms with van der Waals surface area (Å²) in [5, 5.41) is 0.461. The largest absolute Gasteiger partial charge is 0.486 e. The van der Waals surface area contributed by atoms with E-state index in [4.69, 9.17) is 18.6 Å². The van der Waals surface area contributed by atoms with Crippen LogP contribution in [-0.2, 0) is 4.79 Å². The summed E-state index contributed by atoms with van der Waals surface area (Å²) in [7, 11) is 0. The minimum atomic E-state index is -0.687. The molecule has 0 N–H and O–H groups in total. The predicted molar refractivity (Wildman–Crippen MR) is 150 cm³/mol. The van der Waals surface area contributed by atoms with Gasteiger partial charge < -0.3 is 18.6 Å². The van der Waals surface area contributed by atoms with Crippen molar-refractivity contribution in [1.29, 1.82) is 0 Å². The molecule has 0 atom stereocenters. The maximum atomic E-state index is 12.9. The zero-order valence-electron chi connectivity index (χ0n) is 23.3. The molecule has 1 heterocycles. The van der Waals surface area contributed by atoms with E-state index < -0.39 is 11.6 Å². The van der Waals surface area contributed by atoms with Crippen LogP contribution in [0.2, 0.25) is 0 Å². The summed E-state index contributed by atoms with van der Waals surface area (Å²) in [6, 6.07) is 5.24. The number of benzene rings is 1.